The topological polar surface area (TPSA) is 88.3 Å². The van der Waals surface area contributed by atoms with Gasteiger partial charge in [-0.1, -0.05) is 13.8 Å². The van der Waals surface area contributed by atoms with Gasteiger partial charge in [-0.05, 0) is 32.3 Å². The van der Waals surface area contributed by atoms with Gasteiger partial charge < -0.3 is 24.5 Å². The number of guanidine groups is 1. The number of nitrogens with zero attached hydrogens (tertiary/aromatic N) is 2. The van der Waals surface area contributed by atoms with Crippen LogP contribution < -0.4 is 10.6 Å². The van der Waals surface area contributed by atoms with E-state index in [2.05, 4.69) is 34.4 Å². The Hall–Kier alpha value is -1.33. The SMILES string of the molecule is CCNC(=NCc1cc(C(=O)OC)c(C)o1)NCC(CC(C)C)N1CCOCC1.I. The van der Waals surface area contributed by atoms with Gasteiger partial charge in [-0.25, -0.2) is 9.79 Å². The highest BCUT2D eigenvalue weighted by molar-refractivity contribution is 14.0. The summed E-state index contributed by atoms with van der Waals surface area (Å²) in [6.07, 6.45) is 1.12. The zero-order valence-electron chi connectivity index (χ0n) is 18.8. The van der Waals surface area contributed by atoms with E-state index in [1.54, 1.807) is 13.0 Å². The van der Waals surface area contributed by atoms with Crippen molar-refractivity contribution in [3.8, 4) is 0 Å². The van der Waals surface area contributed by atoms with Crippen LogP contribution in [0.5, 0.6) is 0 Å². The maximum absolute atomic E-state index is 11.7. The maximum atomic E-state index is 11.7. The Kier molecular flexibility index (Phi) is 12.3. The van der Waals surface area contributed by atoms with Crippen LogP contribution >= 0.6 is 24.0 Å². The lowest BCUT2D eigenvalue weighted by molar-refractivity contribution is 0.0132. The number of carbonyl (C=O) groups excluding carboxylic acids is 1. The van der Waals surface area contributed by atoms with E-state index >= 15 is 0 Å². The predicted molar refractivity (Wildman–Crippen MR) is 129 cm³/mol. The Morgan fingerprint density at radius 2 is 2.00 bits per heavy atom. The highest BCUT2D eigenvalue weighted by Crippen LogP contribution is 2.16. The molecule has 30 heavy (non-hydrogen) atoms. The molecule has 0 aliphatic carbocycles. The van der Waals surface area contributed by atoms with Crippen molar-refractivity contribution in [2.24, 2.45) is 10.9 Å². The van der Waals surface area contributed by atoms with Crippen molar-refractivity contribution in [3.05, 3.63) is 23.2 Å². The molecular weight excluding hydrogens is 499 g/mol. The normalized spacial score (nSPS) is 16.1. The number of morpholine rings is 1. The Balaban J connectivity index is 0.00000450. The van der Waals surface area contributed by atoms with Crippen LogP contribution in [0, 0.1) is 12.8 Å². The summed E-state index contributed by atoms with van der Waals surface area (Å²) in [5, 5.41) is 6.75. The number of furan rings is 1. The molecule has 1 unspecified atom stereocenters. The lowest BCUT2D eigenvalue weighted by Crippen LogP contribution is -2.51. The van der Waals surface area contributed by atoms with Crippen LogP contribution in [0.1, 0.15) is 49.1 Å². The van der Waals surface area contributed by atoms with E-state index in [1.165, 1.54) is 7.11 Å². The van der Waals surface area contributed by atoms with Crippen LogP contribution in [0.15, 0.2) is 15.5 Å². The summed E-state index contributed by atoms with van der Waals surface area (Å²) in [5.41, 5.74) is 0.444. The van der Waals surface area contributed by atoms with Gasteiger partial charge in [-0.2, -0.15) is 0 Å². The molecule has 0 amide bonds. The summed E-state index contributed by atoms with van der Waals surface area (Å²) < 4.78 is 15.9. The number of carbonyl (C=O) groups is 1. The molecule has 2 rings (SSSR count). The predicted octanol–water partition coefficient (Wildman–Crippen LogP) is 2.79. The minimum absolute atomic E-state index is 0. The van der Waals surface area contributed by atoms with Crippen molar-refractivity contribution in [2.45, 2.75) is 46.7 Å². The third-order valence-corrected chi connectivity index (χ3v) is 4.92. The van der Waals surface area contributed by atoms with E-state index in [-0.39, 0.29) is 24.0 Å². The smallest absolute Gasteiger partial charge is 0.341 e. The molecule has 1 atom stereocenters. The first-order valence-corrected chi connectivity index (χ1v) is 10.5. The summed E-state index contributed by atoms with van der Waals surface area (Å²) in [6.45, 7) is 13.8. The number of hydrogen-bond acceptors (Lipinski definition) is 6. The fraction of sp³-hybridized carbons (Fsp3) is 0.714. The highest BCUT2D eigenvalue weighted by Gasteiger charge is 2.22. The average Bonchev–Trinajstić information content (AvgIpc) is 3.09. The molecule has 2 N–H and O–H groups in total. The van der Waals surface area contributed by atoms with Gasteiger partial charge in [-0.3, -0.25) is 4.90 Å². The van der Waals surface area contributed by atoms with Crippen LogP contribution in [0.2, 0.25) is 0 Å². The molecule has 0 aromatic carbocycles. The van der Waals surface area contributed by atoms with Crippen molar-refractivity contribution < 1.29 is 18.7 Å². The van der Waals surface area contributed by atoms with E-state index in [1.807, 2.05) is 6.92 Å². The number of aryl methyl sites for hydroxylation is 1. The van der Waals surface area contributed by atoms with E-state index in [4.69, 9.17) is 13.9 Å². The molecule has 1 fully saturated rings. The number of halogens is 1. The highest BCUT2D eigenvalue weighted by atomic mass is 127. The van der Waals surface area contributed by atoms with Gasteiger partial charge >= 0.3 is 5.97 Å². The second-order valence-electron chi connectivity index (χ2n) is 7.68. The molecule has 1 aliphatic rings. The van der Waals surface area contributed by atoms with Crippen LogP contribution in [-0.2, 0) is 16.0 Å². The molecule has 2 heterocycles. The van der Waals surface area contributed by atoms with Gasteiger partial charge in [-0.15, -0.1) is 24.0 Å². The fourth-order valence-corrected chi connectivity index (χ4v) is 3.50. The average molecular weight is 536 g/mol. The summed E-state index contributed by atoms with van der Waals surface area (Å²) in [7, 11) is 1.36. The molecular formula is C21H37IN4O4. The Morgan fingerprint density at radius 1 is 1.30 bits per heavy atom. The molecule has 0 radical (unpaired) electrons. The Labute approximate surface area is 197 Å². The van der Waals surface area contributed by atoms with Crippen molar-refractivity contribution in [1.29, 1.82) is 0 Å². The van der Waals surface area contributed by atoms with Crippen LogP contribution in [0.3, 0.4) is 0 Å². The first-order valence-electron chi connectivity index (χ1n) is 10.5. The second kappa shape index (κ2) is 13.9. The number of methoxy groups -OCH3 is 1. The summed E-state index contributed by atoms with van der Waals surface area (Å²) in [6, 6.07) is 2.13. The lowest BCUT2D eigenvalue weighted by Gasteiger charge is -2.35. The number of aliphatic imine (C=N–C) groups is 1. The van der Waals surface area contributed by atoms with E-state index in [0.29, 0.717) is 35.6 Å². The molecule has 1 aliphatic heterocycles. The molecule has 172 valence electrons. The van der Waals surface area contributed by atoms with Gasteiger partial charge in [0.15, 0.2) is 5.96 Å². The lowest BCUT2D eigenvalue weighted by atomic mass is 10.0. The third kappa shape index (κ3) is 8.43. The van der Waals surface area contributed by atoms with Crippen LogP contribution in [0.25, 0.3) is 0 Å². The van der Waals surface area contributed by atoms with Crippen molar-refractivity contribution in [3.63, 3.8) is 0 Å². The standard InChI is InChI=1S/C21H36N4O4.HI/c1-6-22-21(24-14-18-12-19(16(4)29-18)20(26)27-5)23-13-17(11-15(2)3)25-7-9-28-10-8-25;/h12,15,17H,6-11,13-14H2,1-5H3,(H2,22,23,24);1H. The van der Waals surface area contributed by atoms with Gasteiger partial charge in [0.05, 0.1) is 20.3 Å². The number of nitrogens with one attached hydrogen (secondary N) is 2. The maximum Gasteiger partial charge on any atom is 0.341 e. The van der Waals surface area contributed by atoms with E-state index in [0.717, 1.165) is 51.8 Å². The van der Waals surface area contributed by atoms with Gasteiger partial charge in [0.2, 0.25) is 0 Å². The molecule has 0 spiro atoms. The fourth-order valence-electron chi connectivity index (χ4n) is 3.50. The Morgan fingerprint density at radius 3 is 2.60 bits per heavy atom. The molecule has 0 bridgehead atoms. The summed E-state index contributed by atoms with van der Waals surface area (Å²) >= 11 is 0. The minimum atomic E-state index is -0.395. The number of rotatable bonds is 9. The zero-order chi connectivity index (χ0) is 21.2. The molecule has 1 saturated heterocycles. The van der Waals surface area contributed by atoms with Crippen molar-refractivity contribution >= 4 is 35.9 Å². The monoisotopic (exact) mass is 536 g/mol. The zero-order valence-corrected chi connectivity index (χ0v) is 21.2. The van der Waals surface area contributed by atoms with Crippen LogP contribution in [-0.4, -0.2) is 69.4 Å². The molecule has 1 aromatic heterocycles. The number of ether oxygens (including phenoxy) is 2. The number of esters is 1. The summed E-state index contributed by atoms with van der Waals surface area (Å²) in [5.74, 6) is 2.14. The third-order valence-electron chi connectivity index (χ3n) is 4.92. The van der Waals surface area contributed by atoms with E-state index < -0.39 is 5.97 Å². The van der Waals surface area contributed by atoms with Gasteiger partial charge in [0, 0.05) is 32.2 Å². The quantitative estimate of drug-likeness (QED) is 0.217. The van der Waals surface area contributed by atoms with Crippen molar-refractivity contribution in [1.82, 2.24) is 15.5 Å². The first-order chi connectivity index (χ1) is 13.9. The van der Waals surface area contributed by atoms with E-state index in [9.17, 15) is 4.79 Å². The molecule has 9 heteroatoms. The first kappa shape index (κ1) is 26.7. The minimum Gasteiger partial charge on any atom is -0.465 e. The number of hydrogen-bond donors (Lipinski definition) is 2. The molecule has 1 aromatic rings. The summed E-state index contributed by atoms with van der Waals surface area (Å²) in [4.78, 5) is 18.9. The van der Waals surface area contributed by atoms with Crippen LogP contribution in [0.4, 0.5) is 0 Å². The molecule has 0 saturated carbocycles. The Bertz CT molecular complexity index is 672. The second-order valence-corrected chi connectivity index (χ2v) is 7.68. The van der Waals surface area contributed by atoms with Gasteiger partial charge in [0.25, 0.3) is 0 Å². The largest absolute Gasteiger partial charge is 0.465 e. The molecule has 8 nitrogen and oxygen atoms in total. The van der Waals surface area contributed by atoms with Crippen molar-refractivity contribution in [2.75, 3.05) is 46.5 Å². The van der Waals surface area contributed by atoms with Gasteiger partial charge in [0.1, 0.15) is 23.6 Å².